The Hall–Kier alpha value is -2.72. The normalized spacial score (nSPS) is 10.8. The number of halogens is 1. The number of hydrogen-bond donors (Lipinski definition) is 3. The van der Waals surface area contributed by atoms with Crippen LogP contribution < -0.4 is 10.0 Å². The Labute approximate surface area is 135 Å². The second kappa shape index (κ2) is 6.58. The maximum atomic E-state index is 12.1. The van der Waals surface area contributed by atoms with Gasteiger partial charge < -0.3 is 5.11 Å². The van der Waals surface area contributed by atoms with Crippen molar-refractivity contribution < 1.29 is 23.1 Å². The third-order valence-electron chi connectivity index (χ3n) is 2.48. The van der Waals surface area contributed by atoms with E-state index in [4.69, 9.17) is 16.7 Å². The maximum Gasteiger partial charge on any atom is 0.337 e. The van der Waals surface area contributed by atoms with Crippen LogP contribution in [-0.4, -0.2) is 35.5 Å². The van der Waals surface area contributed by atoms with Crippen LogP contribution >= 0.6 is 11.6 Å². The molecule has 11 heteroatoms. The van der Waals surface area contributed by atoms with Gasteiger partial charge in [-0.15, -0.1) is 0 Å². The molecule has 2 amide bonds. The van der Waals surface area contributed by atoms with Gasteiger partial charge in [-0.2, -0.15) is 0 Å². The van der Waals surface area contributed by atoms with Gasteiger partial charge >= 0.3 is 12.0 Å². The van der Waals surface area contributed by atoms with Crippen molar-refractivity contribution in [1.29, 1.82) is 0 Å². The number of carboxylic acids is 1. The molecule has 3 N–H and O–H groups in total. The summed E-state index contributed by atoms with van der Waals surface area (Å²) in [6.07, 6.45) is 2.41. The largest absolute Gasteiger partial charge is 0.478 e. The fraction of sp³-hybridized carbons (Fsp3) is 0. The molecule has 1 heterocycles. The summed E-state index contributed by atoms with van der Waals surface area (Å²) in [5.41, 5.74) is -0.462. The lowest BCUT2D eigenvalue weighted by Crippen LogP contribution is -2.35. The number of aromatic carboxylic acids is 1. The third-order valence-corrected chi connectivity index (χ3v) is 4.06. The number of urea groups is 1. The van der Waals surface area contributed by atoms with Crippen LogP contribution in [0.1, 0.15) is 10.4 Å². The molecule has 0 saturated heterocycles. The van der Waals surface area contributed by atoms with Crippen molar-refractivity contribution in [3.05, 3.63) is 47.2 Å². The summed E-state index contributed by atoms with van der Waals surface area (Å²) < 4.78 is 25.9. The monoisotopic (exact) mass is 356 g/mol. The van der Waals surface area contributed by atoms with E-state index in [2.05, 4.69) is 15.3 Å². The summed E-state index contributed by atoms with van der Waals surface area (Å²) in [5.74, 6) is -1.61. The van der Waals surface area contributed by atoms with Crippen molar-refractivity contribution in [2.24, 2.45) is 0 Å². The van der Waals surface area contributed by atoms with Crippen molar-refractivity contribution in [2.45, 2.75) is 4.90 Å². The number of nitrogens with one attached hydrogen (secondary N) is 2. The molecule has 23 heavy (non-hydrogen) atoms. The quantitative estimate of drug-likeness (QED) is 0.751. The van der Waals surface area contributed by atoms with E-state index in [-0.39, 0.29) is 11.0 Å². The zero-order valence-corrected chi connectivity index (χ0v) is 12.8. The second-order valence-electron chi connectivity index (χ2n) is 4.09. The standard InChI is InChI=1S/C12H9ClN4O5S/c13-7-5-14-11(15-6-7)16-12(20)17-23(21,22)9-4-2-1-3-8(9)10(18)19/h1-6H,(H,18,19)(H2,14,15,16,17,20). The number of carbonyl (C=O) groups is 2. The first-order chi connectivity index (χ1) is 10.8. The molecule has 120 valence electrons. The maximum absolute atomic E-state index is 12.1. The summed E-state index contributed by atoms with van der Waals surface area (Å²) in [6, 6.07) is 3.73. The molecule has 1 aromatic carbocycles. The fourth-order valence-corrected chi connectivity index (χ4v) is 2.76. The number of benzene rings is 1. The zero-order valence-electron chi connectivity index (χ0n) is 11.2. The fourth-order valence-electron chi connectivity index (χ4n) is 1.56. The van der Waals surface area contributed by atoms with Crippen molar-refractivity contribution in [2.75, 3.05) is 5.32 Å². The van der Waals surface area contributed by atoms with Gasteiger partial charge in [-0.05, 0) is 12.1 Å². The van der Waals surface area contributed by atoms with Crippen LogP contribution in [0.2, 0.25) is 5.02 Å². The topological polar surface area (TPSA) is 138 Å². The minimum atomic E-state index is -4.39. The average Bonchev–Trinajstić information content (AvgIpc) is 2.49. The first-order valence-corrected chi connectivity index (χ1v) is 7.79. The highest BCUT2D eigenvalue weighted by Crippen LogP contribution is 2.15. The van der Waals surface area contributed by atoms with Gasteiger partial charge in [0.2, 0.25) is 5.95 Å². The van der Waals surface area contributed by atoms with E-state index < -0.39 is 32.5 Å². The van der Waals surface area contributed by atoms with Crippen molar-refractivity contribution in [1.82, 2.24) is 14.7 Å². The van der Waals surface area contributed by atoms with E-state index in [0.29, 0.717) is 0 Å². The zero-order chi connectivity index (χ0) is 17.0. The van der Waals surface area contributed by atoms with Gasteiger partial charge in [-0.3, -0.25) is 5.32 Å². The predicted molar refractivity (Wildman–Crippen MR) is 79.8 cm³/mol. The van der Waals surface area contributed by atoms with Crippen LogP contribution in [0.3, 0.4) is 0 Å². The first-order valence-electron chi connectivity index (χ1n) is 5.93. The number of aromatic nitrogens is 2. The van der Waals surface area contributed by atoms with Crippen LogP contribution in [-0.2, 0) is 10.0 Å². The summed E-state index contributed by atoms with van der Waals surface area (Å²) in [7, 11) is -4.39. The van der Waals surface area contributed by atoms with Gasteiger partial charge in [0.25, 0.3) is 10.0 Å². The molecule has 9 nitrogen and oxygen atoms in total. The van der Waals surface area contributed by atoms with E-state index in [1.165, 1.54) is 24.5 Å². The molecule has 2 rings (SSSR count). The molecule has 0 saturated carbocycles. The molecule has 0 aliphatic rings. The summed E-state index contributed by atoms with van der Waals surface area (Å²) in [5, 5.41) is 11.3. The summed E-state index contributed by atoms with van der Waals surface area (Å²) >= 11 is 5.58. The Kier molecular flexibility index (Phi) is 4.77. The van der Waals surface area contributed by atoms with E-state index in [9.17, 15) is 18.0 Å². The van der Waals surface area contributed by atoms with Crippen LogP contribution in [0, 0.1) is 0 Å². The third kappa shape index (κ3) is 4.14. The Balaban J connectivity index is 2.20. The van der Waals surface area contributed by atoms with E-state index >= 15 is 0 Å². The van der Waals surface area contributed by atoms with Crippen LogP contribution in [0.15, 0.2) is 41.6 Å². The van der Waals surface area contributed by atoms with Crippen LogP contribution in [0.4, 0.5) is 10.7 Å². The predicted octanol–water partition coefficient (Wildman–Crippen LogP) is 1.34. The van der Waals surface area contributed by atoms with Gasteiger partial charge in [0.1, 0.15) is 4.90 Å². The Bertz CT molecular complexity index is 854. The highest BCUT2D eigenvalue weighted by Gasteiger charge is 2.24. The molecule has 0 bridgehead atoms. The molecule has 0 fully saturated rings. The molecule has 0 aliphatic heterocycles. The molecular formula is C12H9ClN4O5S. The number of anilines is 1. The van der Waals surface area contributed by atoms with E-state index in [1.807, 2.05) is 0 Å². The number of amides is 2. The minimum absolute atomic E-state index is 0.173. The summed E-state index contributed by atoms with van der Waals surface area (Å²) in [6.45, 7) is 0. The van der Waals surface area contributed by atoms with Gasteiger partial charge in [-0.25, -0.2) is 32.7 Å². The number of sulfonamides is 1. The van der Waals surface area contributed by atoms with Gasteiger partial charge in [0, 0.05) is 0 Å². The Morgan fingerprint density at radius 2 is 1.74 bits per heavy atom. The lowest BCUT2D eigenvalue weighted by molar-refractivity contribution is 0.0692. The SMILES string of the molecule is O=C(Nc1ncc(Cl)cn1)NS(=O)(=O)c1ccccc1C(=O)O. The van der Waals surface area contributed by atoms with Crippen molar-refractivity contribution >= 4 is 39.6 Å². The minimum Gasteiger partial charge on any atom is -0.478 e. The second-order valence-corrected chi connectivity index (χ2v) is 6.17. The van der Waals surface area contributed by atoms with Gasteiger partial charge in [0.15, 0.2) is 0 Å². The number of hydrogen-bond acceptors (Lipinski definition) is 6. The number of carboxylic acid groups (broad SMARTS) is 1. The van der Waals surface area contributed by atoms with Crippen molar-refractivity contribution in [3.63, 3.8) is 0 Å². The molecule has 0 spiro atoms. The Morgan fingerprint density at radius 3 is 2.35 bits per heavy atom. The molecule has 2 aromatic rings. The summed E-state index contributed by atoms with van der Waals surface area (Å²) in [4.78, 5) is 29.5. The smallest absolute Gasteiger partial charge is 0.337 e. The molecule has 1 aromatic heterocycles. The average molecular weight is 357 g/mol. The lowest BCUT2D eigenvalue weighted by atomic mass is 10.2. The highest BCUT2D eigenvalue weighted by molar-refractivity contribution is 7.90. The molecule has 0 unspecified atom stereocenters. The molecular weight excluding hydrogens is 348 g/mol. The Morgan fingerprint density at radius 1 is 1.13 bits per heavy atom. The van der Waals surface area contributed by atoms with E-state index in [0.717, 1.165) is 12.1 Å². The van der Waals surface area contributed by atoms with Gasteiger partial charge in [-0.1, -0.05) is 23.7 Å². The molecule has 0 atom stereocenters. The molecule has 0 radical (unpaired) electrons. The van der Waals surface area contributed by atoms with Crippen molar-refractivity contribution in [3.8, 4) is 0 Å². The number of carbonyl (C=O) groups excluding carboxylic acids is 1. The lowest BCUT2D eigenvalue weighted by Gasteiger charge is -2.09. The van der Waals surface area contributed by atoms with Crippen LogP contribution in [0.5, 0.6) is 0 Å². The van der Waals surface area contributed by atoms with E-state index in [1.54, 1.807) is 4.72 Å². The first kappa shape index (κ1) is 16.6. The highest BCUT2D eigenvalue weighted by atomic mass is 35.5. The van der Waals surface area contributed by atoms with Crippen LogP contribution in [0.25, 0.3) is 0 Å². The molecule has 0 aliphatic carbocycles. The number of nitrogens with zero attached hydrogens (tertiary/aromatic N) is 2. The number of rotatable bonds is 4. The van der Waals surface area contributed by atoms with Gasteiger partial charge in [0.05, 0.1) is 23.0 Å².